The molecule has 176 valence electrons. The van der Waals surface area contributed by atoms with Gasteiger partial charge in [0, 0.05) is 29.6 Å². The van der Waals surface area contributed by atoms with Crippen LogP contribution < -0.4 is 10.0 Å². The molecule has 0 bridgehead atoms. The SMILES string of the molecule is O=C(CCn1nc(C(F)(F)F)c(Cl)c1C1CC1)Nc1ccc(S(=O)(=O)Nc2nccs2)cc1. The summed E-state index contributed by atoms with van der Waals surface area (Å²) in [5.74, 6) is -0.551. The average molecular weight is 520 g/mol. The summed E-state index contributed by atoms with van der Waals surface area (Å²) in [5.41, 5.74) is -0.501. The molecular weight excluding hydrogens is 503 g/mol. The zero-order valence-corrected chi connectivity index (χ0v) is 19.2. The van der Waals surface area contributed by atoms with Crippen LogP contribution >= 0.6 is 22.9 Å². The number of nitrogens with zero attached hydrogens (tertiary/aromatic N) is 3. The fourth-order valence-corrected chi connectivity index (χ4v) is 5.33. The second-order valence-electron chi connectivity index (χ2n) is 7.31. The van der Waals surface area contributed by atoms with Crippen molar-refractivity contribution in [3.05, 3.63) is 52.3 Å². The van der Waals surface area contributed by atoms with Crippen LogP contribution in [0.25, 0.3) is 0 Å². The topological polar surface area (TPSA) is 106 Å². The number of carbonyl (C=O) groups is 1. The van der Waals surface area contributed by atoms with E-state index in [4.69, 9.17) is 11.6 Å². The van der Waals surface area contributed by atoms with Crippen molar-refractivity contribution in [2.24, 2.45) is 0 Å². The van der Waals surface area contributed by atoms with Crippen LogP contribution in [0.4, 0.5) is 24.0 Å². The van der Waals surface area contributed by atoms with Crippen LogP contribution in [0.1, 0.15) is 36.6 Å². The first-order chi connectivity index (χ1) is 15.5. The van der Waals surface area contributed by atoms with E-state index in [0.29, 0.717) is 11.4 Å². The smallest absolute Gasteiger partial charge is 0.326 e. The lowest BCUT2D eigenvalue weighted by Gasteiger charge is -2.09. The molecule has 1 fully saturated rings. The van der Waals surface area contributed by atoms with Gasteiger partial charge in [0.2, 0.25) is 5.91 Å². The predicted octanol–water partition coefficient (Wildman–Crippen LogP) is 4.72. The highest BCUT2D eigenvalue weighted by Gasteiger charge is 2.42. The van der Waals surface area contributed by atoms with Crippen LogP contribution in [-0.4, -0.2) is 29.1 Å². The quantitative estimate of drug-likeness (QED) is 0.448. The van der Waals surface area contributed by atoms with Crippen molar-refractivity contribution in [3.63, 3.8) is 0 Å². The third-order valence-electron chi connectivity index (χ3n) is 4.82. The van der Waals surface area contributed by atoms with Crippen molar-refractivity contribution in [2.45, 2.75) is 42.8 Å². The molecule has 1 amide bonds. The third kappa shape index (κ3) is 5.47. The van der Waals surface area contributed by atoms with Gasteiger partial charge in [-0.3, -0.25) is 14.2 Å². The molecule has 1 aromatic carbocycles. The molecule has 0 saturated heterocycles. The van der Waals surface area contributed by atoms with E-state index in [-0.39, 0.29) is 28.9 Å². The Balaban J connectivity index is 1.39. The Labute approximate surface area is 195 Å². The molecule has 2 aromatic heterocycles. The maximum absolute atomic E-state index is 13.1. The Morgan fingerprint density at radius 1 is 1.24 bits per heavy atom. The lowest BCUT2D eigenvalue weighted by molar-refractivity contribution is -0.141. The summed E-state index contributed by atoms with van der Waals surface area (Å²) in [6.07, 6.45) is -1.90. The first kappa shape index (κ1) is 23.5. The number of amides is 1. The van der Waals surface area contributed by atoms with Crippen LogP contribution in [0.15, 0.2) is 40.7 Å². The monoisotopic (exact) mass is 519 g/mol. The first-order valence-corrected chi connectivity index (χ1v) is 12.4. The largest absolute Gasteiger partial charge is 0.436 e. The molecule has 33 heavy (non-hydrogen) atoms. The number of aryl methyl sites for hydroxylation is 1. The standard InChI is InChI=1S/C19H17ClF3N5O3S2/c20-15-16(11-1-2-11)28(26-17(15)19(21,22)23)9-7-14(29)25-12-3-5-13(6-4-12)33(30,31)27-18-24-8-10-32-18/h3-6,8,10-11H,1-2,7,9H2,(H,24,27)(H,25,29). The third-order valence-corrected chi connectivity index (χ3v) is 7.36. The van der Waals surface area contributed by atoms with Crippen molar-refractivity contribution in [3.8, 4) is 0 Å². The van der Waals surface area contributed by atoms with E-state index < -0.39 is 32.8 Å². The maximum atomic E-state index is 13.1. The van der Waals surface area contributed by atoms with Crippen LogP contribution in [0, 0.1) is 0 Å². The predicted molar refractivity (Wildman–Crippen MR) is 117 cm³/mol. The number of hydrogen-bond acceptors (Lipinski definition) is 6. The molecule has 1 saturated carbocycles. The summed E-state index contributed by atoms with van der Waals surface area (Å²) >= 11 is 7.06. The Kier molecular flexibility index (Phi) is 6.38. The lowest BCUT2D eigenvalue weighted by Crippen LogP contribution is -2.17. The van der Waals surface area contributed by atoms with Crippen molar-refractivity contribution in [1.82, 2.24) is 14.8 Å². The van der Waals surface area contributed by atoms with E-state index in [2.05, 4.69) is 20.1 Å². The molecule has 8 nitrogen and oxygen atoms in total. The van der Waals surface area contributed by atoms with E-state index in [1.54, 1.807) is 5.38 Å². The molecule has 2 N–H and O–H groups in total. The second-order valence-corrected chi connectivity index (χ2v) is 10.3. The van der Waals surface area contributed by atoms with E-state index in [0.717, 1.165) is 28.9 Å². The zero-order valence-electron chi connectivity index (χ0n) is 16.8. The molecule has 0 unspecified atom stereocenters. The second kappa shape index (κ2) is 8.95. The number of sulfonamides is 1. The van der Waals surface area contributed by atoms with Crippen LogP contribution in [-0.2, 0) is 27.5 Å². The maximum Gasteiger partial charge on any atom is 0.436 e. The highest BCUT2D eigenvalue weighted by molar-refractivity contribution is 7.93. The number of rotatable bonds is 8. The van der Waals surface area contributed by atoms with Crippen LogP contribution in [0.3, 0.4) is 0 Å². The molecule has 4 rings (SSSR count). The summed E-state index contributed by atoms with van der Waals surface area (Å²) in [6, 6.07) is 5.46. The number of carbonyl (C=O) groups excluding carboxylic acids is 1. The highest BCUT2D eigenvalue weighted by atomic mass is 35.5. The van der Waals surface area contributed by atoms with Crippen molar-refractivity contribution in [1.29, 1.82) is 0 Å². The number of benzene rings is 1. The molecule has 14 heteroatoms. The highest BCUT2D eigenvalue weighted by Crippen LogP contribution is 2.46. The Bertz CT molecular complexity index is 1260. The van der Waals surface area contributed by atoms with Crippen LogP contribution in [0.5, 0.6) is 0 Å². The minimum absolute atomic E-state index is 0.0179. The lowest BCUT2D eigenvalue weighted by atomic mass is 10.2. The number of nitrogens with one attached hydrogen (secondary N) is 2. The van der Waals surface area contributed by atoms with Gasteiger partial charge in [0.15, 0.2) is 10.8 Å². The van der Waals surface area contributed by atoms with Crippen molar-refractivity contribution >= 4 is 49.7 Å². The van der Waals surface area contributed by atoms with Gasteiger partial charge in [-0.05, 0) is 37.1 Å². The molecule has 1 aliphatic carbocycles. The number of anilines is 2. The summed E-state index contributed by atoms with van der Waals surface area (Å²) in [5, 5.41) is 7.63. The van der Waals surface area contributed by atoms with E-state index in [1.807, 2.05) is 0 Å². The van der Waals surface area contributed by atoms with Crippen molar-refractivity contribution < 1.29 is 26.4 Å². The zero-order chi connectivity index (χ0) is 23.8. The summed E-state index contributed by atoms with van der Waals surface area (Å²) in [6.45, 7) is -0.0718. The molecule has 1 aliphatic rings. The number of alkyl halides is 3. The van der Waals surface area contributed by atoms with E-state index in [1.165, 1.54) is 30.5 Å². The van der Waals surface area contributed by atoms with Crippen molar-refractivity contribution in [2.75, 3.05) is 10.0 Å². The molecule has 0 radical (unpaired) electrons. The van der Waals surface area contributed by atoms with Gasteiger partial charge in [0.1, 0.15) is 0 Å². The van der Waals surface area contributed by atoms with Gasteiger partial charge >= 0.3 is 6.18 Å². The number of aromatic nitrogens is 3. The van der Waals surface area contributed by atoms with Gasteiger partial charge in [0.25, 0.3) is 10.0 Å². The molecular formula is C19H17ClF3N5O3S2. The minimum Gasteiger partial charge on any atom is -0.326 e. The summed E-state index contributed by atoms with van der Waals surface area (Å²) in [7, 11) is -3.83. The molecule has 3 aromatic rings. The average Bonchev–Trinajstić information content (AvgIpc) is 3.33. The van der Waals surface area contributed by atoms with E-state index >= 15 is 0 Å². The normalized spacial score (nSPS) is 14.3. The van der Waals surface area contributed by atoms with Gasteiger partial charge < -0.3 is 5.32 Å². The summed E-state index contributed by atoms with van der Waals surface area (Å²) < 4.78 is 67.6. The molecule has 0 aliphatic heterocycles. The fraction of sp³-hybridized carbons (Fsp3) is 0.316. The van der Waals surface area contributed by atoms with Gasteiger partial charge in [0.05, 0.1) is 22.2 Å². The van der Waals surface area contributed by atoms with Gasteiger partial charge in [-0.2, -0.15) is 18.3 Å². The molecule has 0 spiro atoms. The number of thiazole rings is 1. The molecule has 0 atom stereocenters. The fourth-order valence-electron chi connectivity index (χ4n) is 3.15. The molecule has 2 heterocycles. The number of hydrogen-bond donors (Lipinski definition) is 2. The Hall–Kier alpha value is -2.64. The number of halogens is 4. The van der Waals surface area contributed by atoms with Crippen LogP contribution in [0.2, 0.25) is 5.02 Å². The first-order valence-electron chi connectivity index (χ1n) is 9.70. The Morgan fingerprint density at radius 3 is 2.52 bits per heavy atom. The Morgan fingerprint density at radius 2 is 1.94 bits per heavy atom. The van der Waals surface area contributed by atoms with Gasteiger partial charge in [-0.25, -0.2) is 13.4 Å². The minimum atomic E-state index is -4.68. The van der Waals surface area contributed by atoms with E-state index in [9.17, 15) is 26.4 Å². The summed E-state index contributed by atoms with van der Waals surface area (Å²) in [4.78, 5) is 16.2. The van der Waals surface area contributed by atoms with Gasteiger partial charge in [-0.1, -0.05) is 11.6 Å². The van der Waals surface area contributed by atoms with Gasteiger partial charge in [-0.15, -0.1) is 11.3 Å².